The van der Waals surface area contributed by atoms with Crippen molar-refractivity contribution < 1.29 is 14.4 Å². The zero-order chi connectivity index (χ0) is 26.7. The maximum absolute atomic E-state index is 13.2. The monoisotopic (exact) mass is 534 g/mol. The first-order valence-corrected chi connectivity index (χ1v) is 13.1. The number of hydrogen-bond acceptors (Lipinski definition) is 3. The zero-order valence-corrected chi connectivity index (χ0v) is 22.6. The van der Waals surface area contributed by atoms with Crippen molar-refractivity contribution in [2.24, 2.45) is 11.8 Å². The summed E-state index contributed by atoms with van der Waals surface area (Å²) in [6, 6.07) is 14.7. The van der Waals surface area contributed by atoms with Crippen molar-refractivity contribution in [3.05, 3.63) is 71.8 Å². The molecule has 0 aliphatic heterocycles. The van der Waals surface area contributed by atoms with Crippen LogP contribution in [-0.2, 0) is 9.59 Å². The third-order valence-electron chi connectivity index (χ3n) is 5.94. The van der Waals surface area contributed by atoms with Crippen LogP contribution < -0.4 is 21.3 Å². The number of carbonyl (C=O) groups excluding carboxylic acids is 3. The highest BCUT2D eigenvalue weighted by Gasteiger charge is 2.29. The number of nitrogens with one attached hydrogen (secondary N) is 4. The molecule has 0 heterocycles. The summed E-state index contributed by atoms with van der Waals surface area (Å²) in [6.45, 7) is 7.83. The Morgan fingerprint density at radius 3 is 1.22 bits per heavy atom. The number of amides is 4. The molecule has 0 radical (unpaired) electrons. The second kappa shape index (κ2) is 14.7. The Hall–Kier alpha value is -2.77. The quantitative estimate of drug-likeness (QED) is 0.301. The molecular formula is C27H36Cl2N4O3. The average molecular weight is 536 g/mol. The van der Waals surface area contributed by atoms with E-state index in [1.54, 1.807) is 48.5 Å². The van der Waals surface area contributed by atoms with Crippen LogP contribution >= 0.6 is 23.2 Å². The van der Waals surface area contributed by atoms with Gasteiger partial charge in [0.05, 0.1) is 0 Å². The van der Waals surface area contributed by atoms with E-state index >= 15 is 0 Å². The Bertz CT molecular complexity index is 896. The van der Waals surface area contributed by atoms with Crippen molar-refractivity contribution in [3.8, 4) is 0 Å². The van der Waals surface area contributed by atoms with E-state index in [9.17, 15) is 14.4 Å². The normalized spacial score (nSPS) is 14.4. The number of urea groups is 1. The van der Waals surface area contributed by atoms with Gasteiger partial charge in [-0.15, -0.1) is 23.2 Å². The van der Waals surface area contributed by atoms with E-state index in [4.69, 9.17) is 23.2 Å². The summed E-state index contributed by atoms with van der Waals surface area (Å²) in [7, 11) is 0. The molecule has 4 amide bonds. The Labute approximate surface area is 223 Å². The van der Waals surface area contributed by atoms with Crippen LogP contribution in [-0.4, -0.2) is 41.7 Å². The third kappa shape index (κ3) is 8.71. The molecule has 0 bridgehead atoms. The van der Waals surface area contributed by atoms with E-state index in [1.165, 1.54) is 0 Å². The molecule has 0 aliphatic rings. The van der Waals surface area contributed by atoms with Gasteiger partial charge in [-0.2, -0.15) is 0 Å². The topological polar surface area (TPSA) is 99.3 Å². The van der Waals surface area contributed by atoms with Crippen molar-refractivity contribution in [2.45, 2.75) is 51.9 Å². The van der Waals surface area contributed by atoms with Gasteiger partial charge in [0.15, 0.2) is 0 Å². The fourth-order valence-corrected chi connectivity index (χ4v) is 4.36. The second-order valence-electron chi connectivity index (χ2n) is 9.33. The van der Waals surface area contributed by atoms with Gasteiger partial charge in [-0.05, 0) is 23.0 Å². The lowest BCUT2D eigenvalue weighted by Gasteiger charge is -2.27. The molecule has 2 aromatic rings. The fourth-order valence-electron chi connectivity index (χ4n) is 3.49. The van der Waals surface area contributed by atoms with Gasteiger partial charge in [0.2, 0.25) is 11.8 Å². The van der Waals surface area contributed by atoms with Gasteiger partial charge >= 0.3 is 6.03 Å². The number of carbonyl (C=O) groups is 3. The zero-order valence-electron chi connectivity index (χ0n) is 21.1. The van der Waals surface area contributed by atoms with Gasteiger partial charge in [0.25, 0.3) is 0 Å². The van der Waals surface area contributed by atoms with Crippen molar-refractivity contribution in [1.29, 1.82) is 0 Å². The van der Waals surface area contributed by atoms with Gasteiger partial charge < -0.3 is 21.3 Å². The molecular weight excluding hydrogens is 499 g/mol. The first-order valence-electron chi connectivity index (χ1n) is 12.1. The molecule has 0 saturated carbocycles. The van der Waals surface area contributed by atoms with E-state index in [0.717, 1.165) is 0 Å². The lowest BCUT2D eigenvalue weighted by molar-refractivity contribution is -0.124. The van der Waals surface area contributed by atoms with Crippen LogP contribution in [0.4, 0.5) is 4.79 Å². The van der Waals surface area contributed by atoms with E-state index in [1.807, 2.05) is 39.8 Å². The van der Waals surface area contributed by atoms with Crippen LogP contribution in [0.15, 0.2) is 60.7 Å². The number of benzene rings is 2. The van der Waals surface area contributed by atoms with Crippen molar-refractivity contribution in [3.63, 3.8) is 0 Å². The van der Waals surface area contributed by atoms with Crippen molar-refractivity contribution >= 4 is 41.0 Å². The molecule has 4 atom stereocenters. The highest BCUT2D eigenvalue weighted by molar-refractivity contribution is 6.18. The van der Waals surface area contributed by atoms with Crippen LogP contribution in [0.5, 0.6) is 0 Å². The maximum atomic E-state index is 13.2. The van der Waals surface area contributed by atoms with E-state index in [2.05, 4.69) is 21.3 Å². The smallest absolute Gasteiger partial charge is 0.316 e. The molecule has 0 saturated heterocycles. The minimum absolute atomic E-state index is 0.110. The Balaban J connectivity index is 2.27. The summed E-state index contributed by atoms with van der Waals surface area (Å²) in [6.07, 6.45) is 0. The SMILES string of the molecule is CC(C)[C@@H](CCl)NC(=O)[C@H](NC(=O)N[C@@H](C(=O)N[C@H](CCl)C(C)C)c1ccccc1)c1ccccc1. The van der Waals surface area contributed by atoms with Crippen molar-refractivity contribution in [1.82, 2.24) is 21.3 Å². The number of rotatable bonds is 12. The number of halogens is 2. The predicted molar refractivity (Wildman–Crippen MR) is 145 cm³/mol. The number of hydrogen-bond donors (Lipinski definition) is 4. The Morgan fingerprint density at radius 2 is 0.944 bits per heavy atom. The average Bonchev–Trinajstić information content (AvgIpc) is 2.87. The van der Waals surface area contributed by atoms with Gasteiger partial charge in [-0.1, -0.05) is 88.4 Å². The molecule has 7 nitrogen and oxygen atoms in total. The lowest BCUT2D eigenvalue weighted by Crippen LogP contribution is -2.52. The second-order valence-corrected chi connectivity index (χ2v) is 9.95. The summed E-state index contributed by atoms with van der Waals surface area (Å²) in [5.41, 5.74) is 1.20. The van der Waals surface area contributed by atoms with E-state index in [-0.39, 0.29) is 35.7 Å². The van der Waals surface area contributed by atoms with E-state index < -0.39 is 29.9 Å². The third-order valence-corrected chi connectivity index (χ3v) is 6.60. The standard InChI is InChI=1S/C27H36Cl2N4O3/c1-17(2)21(15-28)30-25(34)23(19-11-7-5-8-12-19)32-27(36)33-24(20-13-9-6-10-14-20)26(35)31-22(16-29)18(3)4/h5-14,17-18,21-24H,15-16H2,1-4H3,(H,30,34)(H,31,35)(H2,32,33,36)/t21-,22-,23-,24-/m1/s1. The van der Waals surface area contributed by atoms with Crippen LogP contribution in [0.25, 0.3) is 0 Å². The molecule has 36 heavy (non-hydrogen) atoms. The van der Waals surface area contributed by atoms with Crippen LogP contribution in [0, 0.1) is 11.8 Å². The van der Waals surface area contributed by atoms with Crippen LogP contribution in [0.1, 0.15) is 50.9 Å². The summed E-state index contributed by atoms with van der Waals surface area (Å²) in [5, 5.41) is 11.3. The molecule has 9 heteroatoms. The van der Waals surface area contributed by atoms with Gasteiger partial charge in [0, 0.05) is 23.8 Å². The summed E-state index contributed by atoms with van der Waals surface area (Å²) in [5.74, 6) is -0.0788. The summed E-state index contributed by atoms with van der Waals surface area (Å²) >= 11 is 12.1. The van der Waals surface area contributed by atoms with Crippen LogP contribution in [0.3, 0.4) is 0 Å². The van der Waals surface area contributed by atoms with Crippen molar-refractivity contribution in [2.75, 3.05) is 11.8 Å². The first-order chi connectivity index (χ1) is 17.2. The highest BCUT2D eigenvalue weighted by Crippen LogP contribution is 2.17. The lowest BCUT2D eigenvalue weighted by atomic mass is 10.0. The van der Waals surface area contributed by atoms with Crippen LogP contribution in [0.2, 0.25) is 0 Å². The molecule has 0 aliphatic carbocycles. The predicted octanol–water partition coefficient (Wildman–Crippen LogP) is 4.53. The molecule has 0 fully saturated rings. The van der Waals surface area contributed by atoms with Gasteiger partial charge in [-0.3, -0.25) is 9.59 Å². The molecule has 2 rings (SSSR count). The highest BCUT2D eigenvalue weighted by atomic mass is 35.5. The van der Waals surface area contributed by atoms with Gasteiger partial charge in [-0.25, -0.2) is 4.79 Å². The Kier molecular flexibility index (Phi) is 12.0. The molecule has 0 spiro atoms. The molecule has 0 unspecified atom stereocenters. The molecule has 4 N–H and O–H groups in total. The largest absolute Gasteiger partial charge is 0.350 e. The molecule has 196 valence electrons. The minimum Gasteiger partial charge on any atom is -0.350 e. The van der Waals surface area contributed by atoms with Gasteiger partial charge in [0.1, 0.15) is 12.1 Å². The van der Waals surface area contributed by atoms with E-state index in [0.29, 0.717) is 11.1 Å². The fraction of sp³-hybridized carbons (Fsp3) is 0.444. The first kappa shape index (κ1) is 29.5. The minimum atomic E-state index is -0.985. The number of alkyl halides is 2. The molecule has 0 aromatic heterocycles. The molecule has 2 aromatic carbocycles. The summed E-state index contributed by atoms with van der Waals surface area (Å²) < 4.78 is 0. The maximum Gasteiger partial charge on any atom is 0.316 e. The summed E-state index contributed by atoms with van der Waals surface area (Å²) in [4.78, 5) is 39.6. The Morgan fingerprint density at radius 1 is 0.611 bits per heavy atom.